The fraction of sp³-hybridized carbons (Fsp3) is 0.235. The summed E-state index contributed by atoms with van der Waals surface area (Å²) in [6.45, 7) is 0.459. The molecule has 0 bridgehead atoms. The van der Waals surface area contributed by atoms with Crippen LogP contribution in [0.5, 0.6) is 5.75 Å². The standard InChI is InChI=1S/C17H15ClF3NO5S/c1-26-9-10-27-15-13(18)3-2-4-14(15)22-16(23)11-5-7-12(8-6-11)28(24,25)17(19,20)21/h2-8H,9-10H2,1H3,(H,22,23). The predicted octanol–water partition coefficient (Wildman–Crippen LogP) is 3.91. The van der Waals surface area contributed by atoms with E-state index in [0.29, 0.717) is 12.1 Å². The van der Waals surface area contributed by atoms with E-state index >= 15 is 0 Å². The summed E-state index contributed by atoms with van der Waals surface area (Å²) in [4.78, 5) is 11.4. The number of hydrogen-bond acceptors (Lipinski definition) is 5. The van der Waals surface area contributed by atoms with Crippen LogP contribution in [-0.2, 0) is 14.6 Å². The molecule has 0 saturated carbocycles. The van der Waals surface area contributed by atoms with Gasteiger partial charge in [0.25, 0.3) is 15.7 Å². The summed E-state index contributed by atoms with van der Waals surface area (Å²) in [5.74, 6) is -0.486. The van der Waals surface area contributed by atoms with Crippen LogP contribution in [0.2, 0.25) is 5.02 Å². The van der Waals surface area contributed by atoms with E-state index in [1.54, 1.807) is 12.1 Å². The predicted molar refractivity (Wildman–Crippen MR) is 96.5 cm³/mol. The highest BCUT2D eigenvalue weighted by atomic mass is 35.5. The molecule has 1 amide bonds. The molecule has 0 aliphatic heterocycles. The van der Waals surface area contributed by atoms with Crippen molar-refractivity contribution in [3.63, 3.8) is 0 Å². The lowest BCUT2D eigenvalue weighted by Gasteiger charge is -2.14. The van der Waals surface area contributed by atoms with Crippen molar-refractivity contribution < 1.29 is 35.9 Å². The molecular formula is C17H15ClF3NO5S. The second-order valence-electron chi connectivity index (χ2n) is 5.39. The van der Waals surface area contributed by atoms with Gasteiger partial charge in [-0.1, -0.05) is 17.7 Å². The maximum absolute atomic E-state index is 12.6. The van der Waals surface area contributed by atoms with Gasteiger partial charge in [0.2, 0.25) is 0 Å². The van der Waals surface area contributed by atoms with E-state index in [4.69, 9.17) is 21.1 Å². The number of sulfone groups is 1. The lowest BCUT2D eigenvalue weighted by atomic mass is 10.2. The van der Waals surface area contributed by atoms with Crippen LogP contribution >= 0.6 is 11.6 Å². The Hall–Kier alpha value is -2.30. The van der Waals surface area contributed by atoms with Gasteiger partial charge in [-0.2, -0.15) is 13.2 Å². The average Bonchev–Trinajstić information content (AvgIpc) is 2.63. The zero-order valence-electron chi connectivity index (χ0n) is 14.4. The molecule has 28 heavy (non-hydrogen) atoms. The second-order valence-corrected chi connectivity index (χ2v) is 7.73. The largest absolute Gasteiger partial charge is 0.501 e. The van der Waals surface area contributed by atoms with Gasteiger partial charge >= 0.3 is 5.51 Å². The van der Waals surface area contributed by atoms with Crippen molar-refractivity contribution in [1.29, 1.82) is 0 Å². The lowest BCUT2D eigenvalue weighted by molar-refractivity contribution is -0.0436. The van der Waals surface area contributed by atoms with E-state index in [9.17, 15) is 26.4 Å². The molecule has 2 aromatic rings. The van der Waals surface area contributed by atoms with Crippen LogP contribution in [0.15, 0.2) is 47.4 Å². The molecule has 0 aromatic heterocycles. The van der Waals surface area contributed by atoms with Crippen molar-refractivity contribution >= 4 is 33.0 Å². The number of anilines is 1. The van der Waals surface area contributed by atoms with Crippen LogP contribution in [-0.4, -0.2) is 40.2 Å². The van der Waals surface area contributed by atoms with Crippen LogP contribution in [0.25, 0.3) is 0 Å². The quantitative estimate of drug-likeness (QED) is 0.664. The maximum atomic E-state index is 12.6. The van der Waals surface area contributed by atoms with Crippen molar-refractivity contribution in [3.8, 4) is 5.75 Å². The van der Waals surface area contributed by atoms with E-state index in [-0.39, 0.29) is 35.2 Å². The van der Waals surface area contributed by atoms with Crippen LogP contribution < -0.4 is 10.1 Å². The summed E-state index contributed by atoms with van der Waals surface area (Å²) >= 11 is 6.06. The molecule has 0 saturated heterocycles. The molecule has 0 atom stereocenters. The van der Waals surface area contributed by atoms with Gasteiger partial charge < -0.3 is 14.8 Å². The molecular weight excluding hydrogens is 423 g/mol. The van der Waals surface area contributed by atoms with Crippen molar-refractivity contribution in [2.75, 3.05) is 25.6 Å². The Labute approximate surface area is 164 Å². The molecule has 152 valence electrons. The molecule has 6 nitrogen and oxygen atoms in total. The third-order valence-electron chi connectivity index (χ3n) is 3.48. The van der Waals surface area contributed by atoms with E-state index in [1.807, 2.05) is 0 Å². The normalized spacial score (nSPS) is 11.9. The number of rotatable bonds is 7. The first kappa shape index (κ1) is 22.0. The highest BCUT2D eigenvalue weighted by molar-refractivity contribution is 7.92. The Morgan fingerprint density at radius 3 is 2.32 bits per heavy atom. The molecule has 1 N–H and O–H groups in total. The number of halogens is 4. The van der Waals surface area contributed by atoms with Crippen LogP contribution in [0.3, 0.4) is 0 Å². The number of alkyl halides is 3. The lowest BCUT2D eigenvalue weighted by Crippen LogP contribution is -2.23. The van der Waals surface area contributed by atoms with Crippen molar-refractivity contribution in [2.45, 2.75) is 10.4 Å². The van der Waals surface area contributed by atoms with Crippen LogP contribution in [0.4, 0.5) is 18.9 Å². The maximum Gasteiger partial charge on any atom is 0.501 e. The average molecular weight is 438 g/mol. The van der Waals surface area contributed by atoms with Gasteiger partial charge in [-0.05, 0) is 36.4 Å². The first-order chi connectivity index (χ1) is 13.1. The smallest absolute Gasteiger partial charge is 0.487 e. The SMILES string of the molecule is COCCOc1c(Cl)cccc1NC(=O)c1ccc(S(=O)(=O)C(F)(F)F)cc1. The van der Waals surface area contributed by atoms with Gasteiger partial charge in [-0.25, -0.2) is 8.42 Å². The van der Waals surface area contributed by atoms with Gasteiger partial charge in [-0.3, -0.25) is 4.79 Å². The molecule has 0 radical (unpaired) electrons. The number of hydrogen-bond donors (Lipinski definition) is 1. The Morgan fingerprint density at radius 1 is 1.11 bits per heavy atom. The number of ether oxygens (including phenoxy) is 2. The van der Waals surface area contributed by atoms with Crippen molar-refractivity contribution in [2.24, 2.45) is 0 Å². The molecule has 0 heterocycles. The Bertz CT molecular complexity index is 946. The molecule has 11 heteroatoms. The fourth-order valence-electron chi connectivity index (χ4n) is 2.09. The summed E-state index contributed by atoms with van der Waals surface area (Å²) < 4.78 is 70.8. The number of carbonyl (C=O) groups is 1. The second kappa shape index (κ2) is 8.80. The first-order valence-electron chi connectivity index (χ1n) is 7.71. The number of methoxy groups -OCH3 is 1. The molecule has 0 spiro atoms. The number of nitrogens with one attached hydrogen (secondary N) is 1. The van der Waals surface area contributed by atoms with E-state index in [0.717, 1.165) is 12.1 Å². The molecule has 0 aliphatic carbocycles. The number of amides is 1. The van der Waals surface area contributed by atoms with Gasteiger partial charge in [-0.15, -0.1) is 0 Å². The highest BCUT2D eigenvalue weighted by Crippen LogP contribution is 2.33. The highest BCUT2D eigenvalue weighted by Gasteiger charge is 2.46. The van der Waals surface area contributed by atoms with Gasteiger partial charge in [0.05, 0.1) is 22.2 Å². The third-order valence-corrected chi connectivity index (χ3v) is 5.28. The Morgan fingerprint density at radius 2 is 1.75 bits per heavy atom. The molecule has 2 rings (SSSR count). The van der Waals surface area contributed by atoms with Gasteiger partial charge in [0.15, 0.2) is 5.75 Å². The van der Waals surface area contributed by atoms with Crippen molar-refractivity contribution in [3.05, 3.63) is 53.1 Å². The number of carbonyl (C=O) groups excluding carboxylic acids is 1. The minimum atomic E-state index is -5.48. The van der Waals surface area contributed by atoms with Gasteiger partial charge in [0, 0.05) is 12.7 Å². The van der Waals surface area contributed by atoms with Crippen LogP contribution in [0, 0.1) is 0 Å². The molecule has 0 fully saturated rings. The molecule has 0 unspecified atom stereocenters. The van der Waals surface area contributed by atoms with E-state index in [1.165, 1.54) is 13.2 Å². The molecule has 0 aliphatic rings. The third kappa shape index (κ3) is 4.94. The van der Waals surface area contributed by atoms with Crippen LogP contribution in [0.1, 0.15) is 10.4 Å². The summed E-state index contributed by atoms with van der Waals surface area (Å²) in [5.41, 5.74) is -5.24. The Kier molecular flexibility index (Phi) is 6.91. The molecule has 2 aromatic carbocycles. The topological polar surface area (TPSA) is 81.7 Å². The Balaban J connectivity index is 2.21. The minimum absolute atomic E-state index is 0.0519. The van der Waals surface area contributed by atoms with E-state index < -0.39 is 26.1 Å². The van der Waals surface area contributed by atoms with Gasteiger partial charge in [0.1, 0.15) is 6.61 Å². The summed E-state index contributed by atoms with van der Waals surface area (Å²) in [5, 5.41) is 2.76. The number of benzene rings is 2. The zero-order valence-corrected chi connectivity index (χ0v) is 16.0. The fourth-order valence-corrected chi connectivity index (χ4v) is 3.09. The summed E-state index contributed by atoms with van der Waals surface area (Å²) in [7, 11) is -4.00. The first-order valence-corrected chi connectivity index (χ1v) is 9.57. The minimum Gasteiger partial charge on any atom is -0.487 e. The van der Waals surface area contributed by atoms with E-state index in [2.05, 4.69) is 5.32 Å². The number of para-hydroxylation sites is 1. The zero-order chi connectivity index (χ0) is 20.9. The van der Waals surface area contributed by atoms with Crippen molar-refractivity contribution in [1.82, 2.24) is 0 Å². The summed E-state index contributed by atoms with van der Waals surface area (Å²) in [6.07, 6.45) is 0. The summed E-state index contributed by atoms with van der Waals surface area (Å²) in [6, 6.07) is 8.02. The monoisotopic (exact) mass is 437 g/mol.